The first-order valence-electron chi connectivity index (χ1n) is 6.38. The van der Waals surface area contributed by atoms with Crippen LogP contribution in [-0.2, 0) is 9.59 Å². The fourth-order valence-electron chi connectivity index (χ4n) is 1.96. The predicted molar refractivity (Wildman–Crippen MR) is 84.5 cm³/mol. The highest BCUT2D eigenvalue weighted by Gasteiger charge is 2.23. The van der Waals surface area contributed by atoms with Crippen molar-refractivity contribution >= 4 is 36.6 Å². The lowest BCUT2D eigenvalue weighted by Crippen LogP contribution is -2.52. The van der Waals surface area contributed by atoms with E-state index < -0.39 is 6.04 Å². The number of nitrogens with zero attached hydrogens (tertiary/aromatic N) is 3. The Bertz CT molecular complexity index is 306. The maximum atomic E-state index is 11.7. The average Bonchev–Trinajstić information content (AvgIpc) is 2.35. The van der Waals surface area contributed by atoms with Crippen LogP contribution in [0.25, 0.3) is 0 Å². The summed E-state index contributed by atoms with van der Waals surface area (Å²) in [5.74, 6) is 0.156. The Hall–Kier alpha value is -0.560. The summed E-state index contributed by atoms with van der Waals surface area (Å²) in [6.07, 6.45) is 0.536. The summed E-state index contributed by atoms with van der Waals surface area (Å²) in [6, 6.07) is -0.424. The van der Waals surface area contributed by atoms with Crippen molar-refractivity contribution < 1.29 is 9.59 Å². The molecule has 8 heteroatoms. The van der Waals surface area contributed by atoms with Crippen LogP contribution in [0.4, 0.5) is 0 Å². The second kappa shape index (κ2) is 10.2. The molecule has 20 heavy (non-hydrogen) atoms. The molecule has 0 bridgehead atoms. The van der Waals surface area contributed by atoms with Crippen LogP contribution in [0.3, 0.4) is 0 Å². The smallest absolute Gasteiger partial charge is 0.239 e. The van der Waals surface area contributed by atoms with E-state index in [-0.39, 0.29) is 36.6 Å². The van der Waals surface area contributed by atoms with E-state index >= 15 is 0 Å². The molecule has 120 valence electrons. The number of piperazine rings is 1. The fourth-order valence-corrected chi connectivity index (χ4v) is 1.96. The quantitative estimate of drug-likeness (QED) is 0.776. The molecule has 1 rings (SSSR count). The van der Waals surface area contributed by atoms with Gasteiger partial charge in [0.15, 0.2) is 0 Å². The largest absolute Gasteiger partial charge is 0.349 e. The van der Waals surface area contributed by atoms with Crippen LogP contribution in [0.15, 0.2) is 0 Å². The SMILES string of the molecule is C[C@@H](N)C(=O)N1CCN(CCC(=O)N(C)C)CC1.Cl.Cl. The highest BCUT2D eigenvalue weighted by molar-refractivity contribution is 5.85. The van der Waals surface area contributed by atoms with E-state index in [4.69, 9.17) is 5.73 Å². The number of carbonyl (C=O) groups excluding carboxylic acids is 2. The third-order valence-corrected chi connectivity index (χ3v) is 3.21. The van der Waals surface area contributed by atoms with Crippen LogP contribution >= 0.6 is 24.8 Å². The van der Waals surface area contributed by atoms with Crippen molar-refractivity contribution in [2.75, 3.05) is 46.8 Å². The third-order valence-electron chi connectivity index (χ3n) is 3.21. The van der Waals surface area contributed by atoms with E-state index in [1.165, 1.54) is 0 Å². The Labute approximate surface area is 133 Å². The lowest BCUT2D eigenvalue weighted by Gasteiger charge is -2.35. The molecule has 1 atom stereocenters. The van der Waals surface area contributed by atoms with Crippen LogP contribution in [-0.4, -0.2) is 79.4 Å². The number of hydrogen-bond donors (Lipinski definition) is 1. The van der Waals surface area contributed by atoms with Crippen molar-refractivity contribution in [3.05, 3.63) is 0 Å². The molecule has 0 spiro atoms. The number of halogens is 2. The summed E-state index contributed by atoms with van der Waals surface area (Å²) in [6.45, 7) is 5.52. The van der Waals surface area contributed by atoms with Gasteiger partial charge in [-0.1, -0.05) is 0 Å². The summed E-state index contributed by atoms with van der Waals surface area (Å²) >= 11 is 0. The monoisotopic (exact) mass is 328 g/mol. The molecule has 0 aromatic heterocycles. The summed E-state index contributed by atoms with van der Waals surface area (Å²) in [7, 11) is 3.53. The first-order chi connectivity index (χ1) is 8.41. The van der Waals surface area contributed by atoms with Crippen LogP contribution in [0.2, 0.25) is 0 Å². The van der Waals surface area contributed by atoms with Crippen molar-refractivity contribution in [1.82, 2.24) is 14.7 Å². The molecule has 0 radical (unpaired) electrons. The average molecular weight is 329 g/mol. The summed E-state index contributed by atoms with van der Waals surface area (Å²) in [4.78, 5) is 28.8. The molecule has 1 aliphatic heterocycles. The minimum atomic E-state index is -0.424. The van der Waals surface area contributed by atoms with Gasteiger partial charge in [-0.3, -0.25) is 14.5 Å². The van der Waals surface area contributed by atoms with Gasteiger partial charge in [-0.2, -0.15) is 0 Å². The first-order valence-corrected chi connectivity index (χ1v) is 6.38. The molecule has 1 saturated heterocycles. The fraction of sp³-hybridized carbons (Fsp3) is 0.833. The van der Waals surface area contributed by atoms with Gasteiger partial charge in [0.2, 0.25) is 11.8 Å². The van der Waals surface area contributed by atoms with Gasteiger partial charge < -0.3 is 15.5 Å². The van der Waals surface area contributed by atoms with Crippen LogP contribution < -0.4 is 5.73 Å². The van der Waals surface area contributed by atoms with Gasteiger partial charge in [0.25, 0.3) is 0 Å². The lowest BCUT2D eigenvalue weighted by atomic mass is 10.2. The highest BCUT2D eigenvalue weighted by Crippen LogP contribution is 2.04. The van der Waals surface area contributed by atoms with Crippen LogP contribution in [0, 0.1) is 0 Å². The van der Waals surface area contributed by atoms with E-state index in [0.29, 0.717) is 19.5 Å². The molecule has 6 nitrogen and oxygen atoms in total. The minimum Gasteiger partial charge on any atom is -0.349 e. The van der Waals surface area contributed by atoms with Crippen molar-refractivity contribution in [3.63, 3.8) is 0 Å². The van der Waals surface area contributed by atoms with Crippen molar-refractivity contribution in [2.24, 2.45) is 5.73 Å². The first kappa shape index (κ1) is 21.7. The Morgan fingerprint density at radius 2 is 1.65 bits per heavy atom. The summed E-state index contributed by atoms with van der Waals surface area (Å²) in [5, 5.41) is 0. The van der Waals surface area contributed by atoms with Gasteiger partial charge >= 0.3 is 0 Å². The Balaban J connectivity index is 0. The molecule has 2 N–H and O–H groups in total. The van der Waals surface area contributed by atoms with Gasteiger partial charge in [-0.15, -0.1) is 24.8 Å². The highest BCUT2D eigenvalue weighted by atomic mass is 35.5. The normalized spacial score (nSPS) is 16.7. The number of amides is 2. The zero-order valence-corrected chi connectivity index (χ0v) is 14.0. The van der Waals surface area contributed by atoms with Crippen molar-refractivity contribution in [1.29, 1.82) is 0 Å². The molecule has 1 heterocycles. The Kier molecular flexibility index (Phi) is 11.1. The molecule has 0 aliphatic carbocycles. The van der Waals surface area contributed by atoms with Gasteiger partial charge in [0.1, 0.15) is 0 Å². The maximum Gasteiger partial charge on any atom is 0.239 e. The van der Waals surface area contributed by atoms with Crippen LogP contribution in [0.5, 0.6) is 0 Å². The summed E-state index contributed by atoms with van der Waals surface area (Å²) < 4.78 is 0. The van der Waals surface area contributed by atoms with Gasteiger partial charge in [-0.05, 0) is 6.92 Å². The zero-order chi connectivity index (χ0) is 13.7. The van der Waals surface area contributed by atoms with Crippen molar-refractivity contribution in [3.8, 4) is 0 Å². The molecular weight excluding hydrogens is 303 g/mol. The molecule has 1 fully saturated rings. The third kappa shape index (κ3) is 6.74. The molecule has 0 aromatic rings. The lowest BCUT2D eigenvalue weighted by molar-refractivity contribution is -0.134. The van der Waals surface area contributed by atoms with Gasteiger partial charge in [0.05, 0.1) is 6.04 Å². The maximum absolute atomic E-state index is 11.7. The van der Waals surface area contributed by atoms with Crippen molar-refractivity contribution in [2.45, 2.75) is 19.4 Å². The molecule has 0 unspecified atom stereocenters. The molecule has 0 aromatic carbocycles. The molecule has 1 aliphatic rings. The van der Waals surface area contributed by atoms with E-state index in [2.05, 4.69) is 4.90 Å². The standard InChI is InChI=1S/C12H24N4O2.2ClH/c1-10(13)12(18)16-8-6-15(7-9-16)5-4-11(17)14(2)3;;/h10H,4-9,13H2,1-3H3;2*1H/t10-;;/m1../s1. The number of nitrogens with two attached hydrogens (primary N) is 1. The number of rotatable bonds is 4. The van der Waals surface area contributed by atoms with E-state index in [1.54, 1.807) is 30.8 Å². The topological polar surface area (TPSA) is 69.9 Å². The number of hydrogen-bond acceptors (Lipinski definition) is 4. The van der Waals surface area contributed by atoms with Crippen LogP contribution in [0.1, 0.15) is 13.3 Å². The van der Waals surface area contributed by atoms with E-state index in [9.17, 15) is 9.59 Å². The predicted octanol–water partition coefficient (Wildman–Crippen LogP) is -0.200. The molecule has 2 amide bonds. The number of carbonyl (C=O) groups is 2. The Morgan fingerprint density at radius 3 is 2.05 bits per heavy atom. The second-order valence-electron chi connectivity index (χ2n) is 4.99. The Morgan fingerprint density at radius 1 is 1.15 bits per heavy atom. The second-order valence-corrected chi connectivity index (χ2v) is 4.99. The zero-order valence-electron chi connectivity index (χ0n) is 12.4. The van der Waals surface area contributed by atoms with Gasteiger partial charge in [0, 0.05) is 53.2 Å². The molecule has 0 saturated carbocycles. The summed E-state index contributed by atoms with van der Waals surface area (Å²) in [5.41, 5.74) is 5.58. The van der Waals surface area contributed by atoms with Gasteiger partial charge in [-0.25, -0.2) is 0 Å². The molecular formula is C12H26Cl2N4O2. The minimum absolute atomic E-state index is 0. The van der Waals surface area contributed by atoms with E-state index in [1.807, 2.05) is 0 Å². The van der Waals surface area contributed by atoms with E-state index in [0.717, 1.165) is 19.6 Å².